The molecule has 0 nitrogen and oxygen atoms in total. The Morgan fingerprint density at radius 2 is 1.71 bits per heavy atom. The van der Waals surface area contributed by atoms with E-state index in [0.29, 0.717) is 18.8 Å². The smallest absolute Gasteiger partial charge is 0.101 e. The Hall–Kier alpha value is -0.850. The van der Waals surface area contributed by atoms with Gasteiger partial charge in [-0.1, -0.05) is 57.9 Å². The quantitative estimate of drug-likeness (QED) is 0.605. The van der Waals surface area contributed by atoms with E-state index in [1.165, 1.54) is 17.5 Å². The molecule has 1 heteroatoms. The number of rotatable bonds is 7. The minimum Gasteiger partial charge on any atom is -0.247 e. The van der Waals surface area contributed by atoms with Gasteiger partial charge in [0.2, 0.25) is 0 Å². The van der Waals surface area contributed by atoms with Crippen LogP contribution in [-0.2, 0) is 6.42 Å². The molecular formula is C16H25F. The third kappa shape index (κ3) is 4.89. The largest absolute Gasteiger partial charge is 0.247 e. The van der Waals surface area contributed by atoms with Gasteiger partial charge in [-0.05, 0) is 36.3 Å². The van der Waals surface area contributed by atoms with E-state index in [0.717, 1.165) is 12.8 Å². The fourth-order valence-electron chi connectivity index (χ4n) is 2.25. The molecule has 0 N–H and O–H groups in total. The van der Waals surface area contributed by atoms with Gasteiger partial charge >= 0.3 is 0 Å². The Morgan fingerprint density at radius 1 is 1.06 bits per heavy atom. The summed E-state index contributed by atoms with van der Waals surface area (Å²) in [5, 5.41) is 0. The first-order valence-electron chi connectivity index (χ1n) is 6.90. The summed E-state index contributed by atoms with van der Waals surface area (Å²) in [7, 11) is 0. The number of alkyl halides is 1. The molecule has 0 heterocycles. The zero-order chi connectivity index (χ0) is 12.7. The summed E-state index contributed by atoms with van der Waals surface area (Å²) in [6, 6.07) is 8.69. The van der Waals surface area contributed by atoms with Crippen LogP contribution in [0.15, 0.2) is 24.3 Å². The highest BCUT2D eigenvalue weighted by Crippen LogP contribution is 2.24. The van der Waals surface area contributed by atoms with Gasteiger partial charge in [0.15, 0.2) is 0 Å². The van der Waals surface area contributed by atoms with Crippen molar-refractivity contribution in [3.8, 4) is 0 Å². The maximum Gasteiger partial charge on any atom is 0.101 e. The summed E-state index contributed by atoms with van der Waals surface area (Å²) >= 11 is 0. The lowest BCUT2D eigenvalue weighted by atomic mass is 9.93. The minimum atomic E-state index is -0.648. The first kappa shape index (κ1) is 14.2. The van der Waals surface area contributed by atoms with Gasteiger partial charge in [0, 0.05) is 0 Å². The Balaban J connectivity index is 2.53. The van der Waals surface area contributed by atoms with E-state index in [-0.39, 0.29) is 0 Å². The molecule has 0 amide bonds. The molecule has 0 saturated heterocycles. The summed E-state index contributed by atoms with van der Waals surface area (Å²) in [6.45, 7) is 6.35. The van der Waals surface area contributed by atoms with Gasteiger partial charge in [-0.25, -0.2) is 4.39 Å². The van der Waals surface area contributed by atoms with Crippen LogP contribution in [0.25, 0.3) is 0 Å². The Bertz CT molecular complexity index is 302. The lowest BCUT2D eigenvalue weighted by molar-refractivity contribution is 0.280. The minimum absolute atomic E-state index is 0.326. The van der Waals surface area contributed by atoms with Crippen LogP contribution in [0.2, 0.25) is 0 Å². The SMILES string of the molecule is CCCc1ccc(C(C)CC(F)CCC)cc1. The van der Waals surface area contributed by atoms with Gasteiger partial charge in [0.1, 0.15) is 6.17 Å². The van der Waals surface area contributed by atoms with Crippen LogP contribution in [0, 0.1) is 0 Å². The second-order valence-electron chi connectivity index (χ2n) is 5.01. The average molecular weight is 236 g/mol. The number of halogens is 1. The molecule has 0 aliphatic rings. The maximum absolute atomic E-state index is 13.5. The topological polar surface area (TPSA) is 0 Å². The van der Waals surface area contributed by atoms with E-state index in [2.05, 4.69) is 38.1 Å². The van der Waals surface area contributed by atoms with E-state index in [1.807, 2.05) is 6.92 Å². The molecule has 0 spiro atoms. The van der Waals surface area contributed by atoms with Crippen molar-refractivity contribution >= 4 is 0 Å². The number of hydrogen-bond donors (Lipinski definition) is 0. The summed E-state index contributed by atoms with van der Waals surface area (Å²) in [6.07, 6.45) is 3.95. The molecule has 2 unspecified atom stereocenters. The lowest BCUT2D eigenvalue weighted by Gasteiger charge is -2.15. The first-order valence-corrected chi connectivity index (χ1v) is 6.90. The van der Waals surface area contributed by atoms with E-state index in [9.17, 15) is 4.39 Å². The number of aryl methyl sites for hydroxylation is 1. The predicted octanol–water partition coefficient (Wildman–Crippen LogP) is 5.27. The maximum atomic E-state index is 13.5. The molecule has 1 rings (SSSR count). The molecule has 0 fully saturated rings. The van der Waals surface area contributed by atoms with Gasteiger partial charge in [0.05, 0.1) is 0 Å². The van der Waals surface area contributed by atoms with E-state index >= 15 is 0 Å². The number of benzene rings is 1. The number of hydrogen-bond acceptors (Lipinski definition) is 0. The van der Waals surface area contributed by atoms with E-state index in [4.69, 9.17) is 0 Å². The second kappa shape index (κ2) is 7.47. The zero-order valence-electron chi connectivity index (χ0n) is 11.4. The highest BCUT2D eigenvalue weighted by molar-refractivity contribution is 5.25. The standard InChI is InChI=1S/C16H25F/c1-4-6-14-8-10-15(11-9-14)13(3)12-16(17)7-5-2/h8-11,13,16H,4-7,12H2,1-3H3. The fourth-order valence-corrected chi connectivity index (χ4v) is 2.25. The molecule has 0 radical (unpaired) electrons. The van der Waals surface area contributed by atoms with Crippen molar-refractivity contribution in [3.63, 3.8) is 0 Å². The monoisotopic (exact) mass is 236 g/mol. The molecule has 0 aliphatic heterocycles. The van der Waals surface area contributed by atoms with Crippen LogP contribution >= 0.6 is 0 Å². The van der Waals surface area contributed by atoms with Crippen molar-refractivity contribution in [2.75, 3.05) is 0 Å². The van der Waals surface area contributed by atoms with Gasteiger partial charge in [-0.3, -0.25) is 0 Å². The molecule has 1 aromatic rings. The Morgan fingerprint density at radius 3 is 2.24 bits per heavy atom. The Kier molecular flexibility index (Phi) is 6.25. The van der Waals surface area contributed by atoms with Crippen LogP contribution in [0.4, 0.5) is 4.39 Å². The van der Waals surface area contributed by atoms with Crippen molar-refractivity contribution in [2.24, 2.45) is 0 Å². The first-order chi connectivity index (χ1) is 8.17. The molecule has 1 aromatic carbocycles. The summed E-state index contributed by atoms with van der Waals surface area (Å²) < 4.78 is 13.5. The van der Waals surface area contributed by atoms with Crippen molar-refractivity contribution < 1.29 is 4.39 Å². The Labute approximate surface area is 105 Å². The van der Waals surface area contributed by atoms with Crippen LogP contribution in [0.1, 0.15) is 63.5 Å². The zero-order valence-corrected chi connectivity index (χ0v) is 11.4. The normalized spacial score (nSPS) is 14.6. The highest BCUT2D eigenvalue weighted by Gasteiger charge is 2.12. The highest BCUT2D eigenvalue weighted by atomic mass is 19.1. The molecule has 96 valence electrons. The van der Waals surface area contributed by atoms with Crippen LogP contribution in [0.5, 0.6) is 0 Å². The van der Waals surface area contributed by atoms with Crippen molar-refractivity contribution in [1.82, 2.24) is 0 Å². The van der Waals surface area contributed by atoms with Gasteiger partial charge in [0.25, 0.3) is 0 Å². The summed E-state index contributed by atoms with van der Waals surface area (Å²) in [5.41, 5.74) is 2.65. The third-order valence-corrected chi connectivity index (χ3v) is 3.30. The lowest BCUT2D eigenvalue weighted by Crippen LogP contribution is -2.05. The molecule has 0 bridgehead atoms. The molecule has 0 aromatic heterocycles. The average Bonchev–Trinajstić information content (AvgIpc) is 2.30. The van der Waals surface area contributed by atoms with Gasteiger partial charge in [-0.15, -0.1) is 0 Å². The third-order valence-electron chi connectivity index (χ3n) is 3.30. The molecule has 2 atom stereocenters. The fraction of sp³-hybridized carbons (Fsp3) is 0.625. The summed E-state index contributed by atoms with van der Waals surface area (Å²) in [4.78, 5) is 0. The molecule has 0 aliphatic carbocycles. The van der Waals surface area contributed by atoms with Gasteiger partial charge in [-0.2, -0.15) is 0 Å². The second-order valence-corrected chi connectivity index (χ2v) is 5.01. The van der Waals surface area contributed by atoms with Crippen molar-refractivity contribution in [1.29, 1.82) is 0 Å². The van der Waals surface area contributed by atoms with Crippen LogP contribution < -0.4 is 0 Å². The van der Waals surface area contributed by atoms with E-state index < -0.39 is 6.17 Å². The molecule has 0 saturated carbocycles. The van der Waals surface area contributed by atoms with Crippen molar-refractivity contribution in [2.45, 2.75) is 65.0 Å². The molecule has 17 heavy (non-hydrogen) atoms. The van der Waals surface area contributed by atoms with Crippen LogP contribution in [0.3, 0.4) is 0 Å². The van der Waals surface area contributed by atoms with Crippen LogP contribution in [-0.4, -0.2) is 6.17 Å². The van der Waals surface area contributed by atoms with Crippen molar-refractivity contribution in [3.05, 3.63) is 35.4 Å². The molecular weight excluding hydrogens is 211 g/mol. The van der Waals surface area contributed by atoms with E-state index in [1.54, 1.807) is 0 Å². The predicted molar refractivity (Wildman–Crippen MR) is 73.3 cm³/mol. The van der Waals surface area contributed by atoms with Gasteiger partial charge < -0.3 is 0 Å². The summed E-state index contributed by atoms with van der Waals surface area (Å²) in [5.74, 6) is 0.326.